The molecular weight excluding hydrogens is 330 g/mol. The van der Waals surface area contributed by atoms with E-state index in [1.807, 2.05) is 36.8 Å². The fourth-order valence-corrected chi connectivity index (χ4v) is 2.91. The summed E-state index contributed by atoms with van der Waals surface area (Å²) >= 11 is 3.46. The second kappa shape index (κ2) is 5.52. The Bertz CT molecular complexity index is 659. The predicted molar refractivity (Wildman–Crippen MR) is 88.5 cm³/mol. The lowest BCUT2D eigenvalue weighted by Gasteiger charge is -2.27. The fourth-order valence-electron chi connectivity index (χ4n) is 2.64. The van der Waals surface area contributed by atoms with Crippen molar-refractivity contribution in [3.63, 3.8) is 0 Å². The molecular formula is C15H18BrN5. The van der Waals surface area contributed by atoms with Gasteiger partial charge >= 0.3 is 0 Å². The van der Waals surface area contributed by atoms with Crippen LogP contribution < -0.4 is 10.6 Å². The summed E-state index contributed by atoms with van der Waals surface area (Å²) in [5, 5.41) is 0. The molecule has 0 radical (unpaired) electrons. The Morgan fingerprint density at radius 3 is 2.67 bits per heavy atom. The van der Waals surface area contributed by atoms with Gasteiger partial charge in [0.05, 0.1) is 30.8 Å². The molecule has 2 heterocycles. The third-order valence-electron chi connectivity index (χ3n) is 3.68. The Labute approximate surface area is 132 Å². The zero-order chi connectivity index (χ0) is 15.0. The molecule has 0 fully saturated rings. The summed E-state index contributed by atoms with van der Waals surface area (Å²) in [6.07, 6.45) is 3.78. The molecule has 3 rings (SSSR count). The van der Waals surface area contributed by atoms with Crippen LogP contribution in [0.1, 0.15) is 31.6 Å². The van der Waals surface area contributed by atoms with Gasteiger partial charge in [0.1, 0.15) is 0 Å². The minimum atomic E-state index is 0.0936. The van der Waals surface area contributed by atoms with Gasteiger partial charge in [-0.05, 0) is 38.1 Å². The summed E-state index contributed by atoms with van der Waals surface area (Å²) < 4.78 is 3.22. The van der Waals surface area contributed by atoms with Crippen LogP contribution in [0.15, 0.2) is 46.3 Å². The highest BCUT2D eigenvalue weighted by atomic mass is 79.9. The van der Waals surface area contributed by atoms with E-state index in [0.717, 1.165) is 15.9 Å². The third-order valence-corrected chi connectivity index (χ3v) is 4.21. The van der Waals surface area contributed by atoms with Crippen molar-refractivity contribution >= 4 is 27.6 Å². The quantitative estimate of drug-likeness (QED) is 0.927. The van der Waals surface area contributed by atoms with Crippen molar-refractivity contribution < 1.29 is 0 Å². The predicted octanol–water partition coefficient (Wildman–Crippen LogP) is 3.10. The Morgan fingerprint density at radius 1 is 1.29 bits per heavy atom. The molecule has 1 atom stereocenters. The number of imidazole rings is 1. The Morgan fingerprint density at radius 2 is 2.00 bits per heavy atom. The van der Waals surface area contributed by atoms with Crippen molar-refractivity contribution in [1.29, 1.82) is 0 Å². The lowest BCUT2D eigenvalue weighted by atomic mass is 10.1. The van der Waals surface area contributed by atoms with Crippen LogP contribution in [0.2, 0.25) is 0 Å². The minimum absolute atomic E-state index is 0.0936. The molecule has 5 nitrogen and oxygen atoms in total. The van der Waals surface area contributed by atoms with Crippen molar-refractivity contribution in [2.45, 2.75) is 25.9 Å². The Kier molecular flexibility index (Phi) is 3.71. The molecule has 2 N–H and O–H groups in total. The van der Waals surface area contributed by atoms with Gasteiger partial charge in [0.25, 0.3) is 0 Å². The molecule has 1 aliphatic heterocycles. The van der Waals surface area contributed by atoms with Crippen molar-refractivity contribution in [3.05, 3.63) is 47.0 Å². The molecule has 0 spiro atoms. The second-order valence-electron chi connectivity index (χ2n) is 5.38. The van der Waals surface area contributed by atoms with E-state index in [1.54, 1.807) is 0 Å². The van der Waals surface area contributed by atoms with Gasteiger partial charge in [-0.1, -0.05) is 15.9 Å². The van der Waals surface area contributed by atoms with Crippen LogP contribution in [-0.2, 0) is 0 Å². The number of benzene rings is 1. The van der Waals surface area contributed by atoms with Crippen LogP contribution in [0.25, 0.3) is 0 Å². The molecule has 21 heavy (non-hydrogen) atoms. The lowest BCUT2D eigenvalue weighted by Crippen LogP contribution is -2.37. The molecule has 0 saturated heterocycles. The van der Waals surface area contributed by atoms with E-state index in [2.05, 4.69) is 49.2 Å². The number of anilines is 1. The topological polar surface area (TPSA) is 59.4 Å². The maximum atomic E-state index is 6.11. The van der Waals surface area contributed by atoms with E-state index in [9.17, 15) is 0 Å². The number of hydrogen-bond donors (Lipinski definition) is 1. The largest absolute Gasteiger partial charge is 0.369 e. The molecule has 1 aromatic carbocycles. The second-order valence-corrected chi connectivity index (χ2v) is 6.30. The molecule has 110 valence electrons. The third kappa shape index (κ3) is 2.55. The van der Waals surface area contributed by atoms with Gasteiger partial charge in [0.2, 0.25) is 0 Å². The highest BCUT2D eigenvalue weighted by Crippen LogP contribution is 2.32. The average molecular weight is 348 g/mol. The number of guanidine groups is 1. The number of hydrogen-bond acceptors (Lipinski definition) is 4. The van der Waals surface area contributed by atoms with E-state index < -0.39 is 0 Å². The number of nitrogens with two attached hydrogens (primary N) is 1. The number of rotatable bonds is 3. The number of nitrogens with zero attached hydrogens (tertiary/aromatic N) is 4. The minimum Gasteiger partial charge on any atom is -0.369 e. The van der Waals surface area contributed by atoms with Crippen molar-refractivity contribution in [3.8, 4) is 0 Å². The van der Waals surface area contributed by atoms with Crippen LogP contribution in [0.5, 0.6) is 0 Å². The zero-order valence-electron chi connectivity index (χ0n) is 12.1. The molecule has 2 aromatic rings. The lowest BCUT2D eigenvalue weighted by molar-refractivity contribution is 0.549. The van der Waals surface area contributed by atoms with Crippen LogP contribution >= 0.6 is 15.9 Å². The number of halogens is 1. The SMILES string of the molecule is CC(C)n1cncc1C1CN=C(N)N1c1ccc(Br)cc1. The first-order chi connectivity index (χ1) is 10.1. The molecule has 0 bridgehead atoms. The molecule has 1 aliphatic rings. The van der Waals surface area contributed by atoms with Crippen LogP contribution in [0, 0.1) is 0 Å². The summed E-state index contributed by atoms with van der Waals surface area (Å²) in [6.45, 7) is 4.95. The summed E-state index contributed by atoms with van der Waals surface area (Å²) in [5.74, 6) is 0.554. The summed E-state index contributed by atoms with van der Waals surface area (Å²) in [5.41, 5.74) is 8.28. The first-order valence-electron chi connectivity index (χ1n) is 6.94. The molecule has 0 saturated carbocycles. The van der Waals surface area contributed by atoms with E-state index in [1.165, 1.54) is 0 Å². The first kappa shape index (κ1) is 14.1. The number of aromatic nitrogens is 2. The van der Waals surface area contributed by atoms with Gasteiger partial charge < -0.3 is 15.2 Å². The van der Waals surface area contributed by atoms with Gasteiger partial charge in [-0.3, -0.25) is 4.99 Å². The summed E-state index contributed by atoms with van der Waals surface area (Å²) in [6, 6.07) is 8.56. The average Bonchev–Trinajstić information content (AvgIpc) is 3.06. The van der Waals surface area contributed by atoms with Gasteiger partial charge in [0, 0.05) is 16.2 Å². The Balaban J connectivity index is 1.99. The van der Waals surface area contributed by atoms with Crippen molar-refractivity contribution in [1.82, 2.24) is 9.55 Å². The van der Waals surface area contributed by atoms with Gasteiger partial charge in [-0.2, -0.15) is 0 Å². The molecule has 0 aliphatic carbocycles. The standard InChI is InChI=1S/C15H18BrN5/c1-10(2)20-9-18-7-13(20)14-8-19-15(17)21(14)12-5-3-11(16)4-6-12/h3-7,9-10,14H,8H2,1-2H3,(H2,17,19). The maximum Gasteiger partial charge on any atom is 0.196 e. The van der Waals surface area contributed by atoms with Crippen molar-refractivity contribution in [2.24, 2.45) is 10.7 Å². The fraction of sp³-hybridized carbons (Fsp3) is 0.333. The van der Waals surface area contributed by atoms with Crippen molar-refractivity contribution in [2.75, 3.05) is 11.4 Å². The monoisotopic (exact) mass is 347 g/mol. The first-order valence-corrected chi connectivity index (χ1v) is 7.73. The zero-order valence-corrected chi connectivity index (χ0v) is 13.7. The molecule has 0 amide bonds. The summed E-state index contributed by atoms with van der Waals surface area (Å²) in [7, 11) is 0. The molecule has 1 unspecified atom stereocenters. The highest BCUT2D eigenvalue weighted by Gasteiger charge is 2.31. The highest BCUT2D eigenvalue weighted by molar-refractivity contribution is 9.10. The van der Waals surface area contributed by atoms with E-state index in [0.29, 0.717) is 18.5 Å². The van der Waals surface area contributed by atoms with Crippen LogP contribution in [0.3, 0.4) is 0 Å². The maximum absolute atomic E-state index is 6.11. The van der Waals surface area contributed by atoms with E-state index in [-0.39, 0.29) is 6.04 Å². The summed E-state index contributed by atoms with van der Waals surface area (Å²) in [4.78, 5) is 10.8. The normalized spacial score (nSPS) is 18.4. The molecule has 1 aromatic heterocycles. The molecule has 6 heteroatoms. The van der Waals surface area contributed by atoms with Gasteiger partial charge in [-0.25, -0.2) is 4.98 Å². The van der Waals surface area contributed by atoms with E-state index in [4.69, 9.17) is 5.73 Å². The van der Waals surface area contributed by atoms with E-state index >= 15 is 0 Å². The van der Waals surface area contributed by atoms with Crippen LogP contribution in [-0.4, -0.2) is 22.1 Å². The smallest absolute Gasteiger partial charge is 0.196 e. The van der Waals surface area contributed by atoms with Gasteiger partial charge in [-0.15, -0.1) is 0 Å². The van der Waals surface area contributed by atoms with Crippen LogP contribution in [0.4, 0.5) is 5.69 Å². The van der Waals surface area contributed by atoms with Gasteiger partial charge in [0.15, 0.2) is 5.96 Å². The Hall–Kier alpha value is -1.82. The number of aliphatic imine (C=N–C) groups is 1.